The average Bonchev–Trinajstić information content (AvgIpc) is 3.39. The Morgan fingerprint density at radius 3 is 2.83 bits per heavy atom. The molecule has 35 heavy (non-hydrogen) atoms. The quantitative estimate of drug-likeness (QED) is 0.568. The Morgan fingerprint density at radius 1 is 1.29 bits per heavy atom. The predicted molar refractivity (Wildman–Crippen MR) is 130 cm³/mol. The molecule has 3 fully saturated rings. The van der Waals surface area contributed by atoms with Crippen molar-refractivity contribution in [1.29, 1.82) is 5.26 Å². The molecule has 0 unspecified atom stereocenters. The normalized spacial score (nSPS) is 25.7. The molecule has 0 aromatic carbocycles. The summed E-state index contributed by atoms with van der Waals surface area (Å²) in [5.74, 6) is 0.662. The molecule has 3 aromatic heterocycles. The van der Waals surface area contributed by atoms with Gasteiger partial charge in [0.15, 0.2) is 0 Å². The Balaban J connectivity index is 1.10. The Bertz CT molecular complexity index is 1260. The van der Waals surface area contributed by atoms with Gasteiger partial charge in [0.05, 0.1) is 29.9 Å². The first-order valence-corrected chi connectivity index (χ1v) is 12.6. The highest BCUT2D eigenvalue weighted by Gasteiger charge is 2.49. The summed E-state index contributed by atoms with van der Waals surface area (Å²) in [6.07, 6.45) is 11.9. The third-order valence-electron chi connectivity index (χ3n) is 8.13. The van der Waals surface area contributed by atoms with Crippen molar-refractivity contribution in [2.45, 2.75) is 56.7 Å². The zero-order valence-corrected chi connectivity index (χ0v) is 20.0. The van der Waals surface area contributed by atoms with E-state index in [4.69, 9.17) is 0 Å². The molecule has 2 aliphatic carbocycles. The topological polar surface area (TPSA) is 119 Å². The van der Waals surface area contributed by atoms with Gasteiger partial charge in [0.25, 0.3) is 0 Å². The molecule has 4 heterocycles. The van der Waals surface area contributed by atoms with Crippen molar-refractivity contribution in [1.82, 2.24) is 39.8 Å². The summed E-state index contributed by atoms with van der Waals surface area (Å²) >= 11 is 0. The Hall–Kier alpha value is -3.45. The first-order chi connectivity index (χ1) is 17.1. The molecule has 10 nitrogen and oxygen atoms in total. The number of aromatic amines is 1. The molecule has 2 saturated carbocycles. The first-order valence-electron chi connectivity index (χ1n) is 12.6. The minimum absolute atomic E-state index is 0.0711. The van der Waals surface area contributed by atoms with Gasteiger partial charge in [0.1, 0.15) is 12.0 Å². The van der Waals surface area contributed by atoms with Crippen LogP contribution in [-0.4, -0.2) is 78.8 Å². The van der Waals surface area contributed by atoms with Gasteiger partial charge in [0, 0.05) is 61.6 Å². The largest absolute Gasteiger partial charge is 0.346 e. The Morgan fingerprint density at radius 2 is 2.09 bits per heavy atom. The maximum Gasteiger partial charge on any atom is 0.317 e. The summed E-state index contributed by atoms with van der Waals surface area (Å²) in [5, 5.41) is 18.4. The van der Waals surface area contributed by atoms with Gasteiger partial charge in [-0.2, -0.15) is 10.4 Å². The van der Waals surface area contributed by atoms with Crippen molar-refractivity contribution >= 4 is 17.1 Å². The van der Waals surface area contributed by atoms with Gasteiger partial charge >= 0.3 is 6.03 Å². The molecular weight excluding hydrogens is 442 g/mol. The van der Waals surface area contributed by atoms with Crippen LogP contribution in [0.25, 0.3) is 22.3 Å². The van der Waals surface area contributed by atoms with Crippen LogP contribution in [-0.2, 0) is 5.54 Å². The van der Waals surface area contributed by atoms with E-state index < -0.39 is 0 Å². The van der Waals surface area contributed by atoms with Crippen LogP contribution in [0.1, 0.15) is 39.0 Å². The van der Waals surface area contributed by atoms with Crippen LogP contribution in [0.15, 0.2) is 31.0 Å². The standard InChI is InChI=1S/C25H31N9O/c1-17(18-2-3-18)31-24(35)33-10-8-32(9-11-33)20-12-25(13-20,5-6-26)34-15-19(14-30-34)22-21-4-7-27-23(21)29-16-28-22/h4,7,14-18,20H,2-3,5,8-13H2,1H3,(H,31,35)(H,27,28,29)/t17-,20?,25?/m0/s1. The number of piperazine rings is 1. The van der Waals surface area contributed by atoms with Crippen LogP contribution in [0.5, 0.6) is 0 Å². The number of rotatable bonds is 6. The number of nitrogens with zero attached hydrogens (tertiary/aromatic N) is 7. The van der Waals surface area contributed by atoms with Gasteiger partial charge in [-0.15, -0.1) is 0 Å². The molecule has 6 rings (SSSR count). The van der Waals surface area contributed by atoms with Crippen LogP contribution in [0.3, 0.4) is 0 Å². The molecule has 2 amide bonds. The highest BCUT2D eigenvalue weighted by molar-refractivity contribution is 5.90. The molecule has 1 aliphatic heterocycles. The third kappa shape index (κ3) is 4.04. The van der Waals surface area contributed by atoms with E-state index in [2.05, 4.69) is 43.3 Å². The van der Waals surface area contributed by atoms with Gasteiger partial charge in [-0.05, 0) is 44.6 Å². The number of carbonyl (C=O) groups is 1. The zero-order valence-electron chi connectivity index (χ0n) is 20.0. The fraction of sp³-hybridized carbons (Fsp3) is 0.560. The van der Waals surface area contributed by atoms with Crippen molar-refractivity contribution < 1.29 is 4.79 Å². The molecule has 0 spiro atoms. The van der Waals surface area contributed by atoms with E-state index in [1.807, 2.05) is 34.2 Å². The summed E-state index contributed by atoms with van der Waals surface area (Å²) < 4.78 is 1.98. The second-order valence-corrected chi connectivity index (χ2v) is 10.4. The second kappa shape index (κ2) is 8.64. The summed E-state index contributed by atoms with van der Waals surface area (Å²) in [7, 11) is 0. The van der Waals surface area contributed by atoms with Crippen molar-refractivity contribution in [2.75, 3.05) is 26.2 Å². The summed E-state index contributed by atoms with van der Waals surface area (Å²) in [4.78, 5) is 28.9. The van der Waals surface area contributed by atoms with Gasteiger partial charge in [0.2, 0.25) is 0 Å². The Labute approximate surface area is 204 Å². The van der Waals surface area contributed by atoms with Crippen LogP contribution in [0, 0.1) is 17.2 Å². The lowest BCUT2D eigenvalue weighted by Crippen LogP contribution is -2.61. The van der Waals surface area contributed by atoms with Crippen LogP contribution >= 0.6 is 0 Å². The molecule has 1 saturated heterocycles. The maximum atomic E-state index is 12.6. The molecule has 1 atom stereocenters. The minimum atomic E-state index is -0.295. The number of hydrogen-bond donors (Lipinski definition) is 2. The molecule has 3 aliphatic rings. The van der Waals surface area contributed by atoms with E-state index in [1.54, 1.807) is 6.33 Å². The number of aromatic nitrogens is 5. The van der Waals surface area contributed by atoms with E-state index in [0.29, 0.717) is 18.4 Å². The van der Waals surface area contributed by atoms with E-state index in [-0.39, 0.29) is 17.6 Å². The number of nitriles is 1. The summed E-state index contributed by atoms with van der Waals surface area (Å²) in [5.41, 5.74) is 2.28. The molecule has 3 aromatic rings. The number of nitrogens with one attached hydrogen (secondary N) is 2. The van der Waals surface area contributed by atoms with Gasteiger partial charge in [-0.25, -0.2) is 14.8 Å². The van der Waals surface area contributed by atoms with E-state index in [1.165, 1.54) is 12.8 Å². The second-order valence-electron chi connectivity index (χ2n) is 10.4. The molecule has 182 valence electrons. The fourth-order valence-electron chi connectivity index (χ4n) is 5.73. The number of H-pyrrole nitrogens is 1. The number of amides is 2. The highest BCUT2D eigenvalue weighted by atomic mass is 16.2. The van der Waals surface area contributed by atoms with Crippen molar-refractivity contribution in [3.63, 3.8) is 0 Å². The molecule has 10 heteroatoms. The zero-order chi connectivity index (χ0) is 24.0. The Kier molecular flexibility index (Phi) is 5.44. The van der Waals surface area contributed by atoms with Crippen LogP contribution in [0.2, 0.25) is 0 Å². The van der Waals surface area contributed by atoms with E-state index >= 15 is 0 Å². The summed E-state index contributed by atoms with van der Waals surface area (Å²) in [6.45, 7) is 5.35. The van der Waals surface area contributed by atoms with Crippen LogP contribution < -0.4 is 5.32 Å². The lowest BCUT2D eigenvalue weighted by Gasteiger charge is -2.52. The minimum Gasteiger partial charge on any atom is -0.346 e. The predicted octanol–water partition coefficient (Wildman–Crippen LogP) is 2.72. The average molecular weight is 474 g/mol. The third-order valence-corrected chi connectivity index (χ3v) is 8.13. The van der Waals surface area contributed by atoms with Crippen molar-refractivity contribution in [3.05, 3.63) is 31.0 Å². The first kappa shape index (κ1) is 22.0. The lowest BCUT2D eigenvalue weighted by molar-refractivity contribution is -0.0130. The van der Waals surface area contributed by atoms with E-state index in [0.717, 1.165) is 61.3 Å². The van der Waals surface area contributed by atoms with Gasteiger partial charge in [-0.1, -0.05) is 0 Å². The molecule has 0 bridgehead atoms. The van der Waals surface area contributed by atoms with Gasteiger partial charge in [-0.3, -0.25) is 9.58 Å². The lowest BCUT2D eigenvalue weighted by atomic mass is 9.70. The van der Waals surface area contributed by atoms with Crippen LogP contribution in [0.4, 0.5) is 4.79 Å². The maximum absolute atomic E-state index is 12.6. The fourth-order valence-corrected chi connectivity index (χ4v) is 5.73. The summed E-state index contributed by atoms with van der Waals surface area (Å²) in [6, 6.07) is 5.11. The SMILES string of the molecule is C[C@H](NC(=O)N1CCN(C2CC(CC#N)(n3cc(-c4ncnc5[nH]ccc45)cn3)C2)CC1)C1CC1. The molecule has 2 N–H and O–H groups in total. The van der Waals surface area contributed by atoms with Crippen molar-refractivity contribution in [3.8, 4) is 17.3 Å². The monoisotopic (exact) mass is 473 g/mol. The number of urea groups is 1. The van der Waals surface area contributed by atoms with E-state index in [9.17, 15) is 10.1 Å². The smallest absolute Gasteiger partial charge is 0.317 e. The molecular formula is C25H31N9O. The van der Waals surface area contributed by atoms with Gasteiger partial charge < -0.3 is 15.2 Å². The van der Waals surface area contributed by atoms with Crippen molar-refractivity contribution in [2.24, 2.45) is 5.92 Å². The molecule has 0 radical (unpaired) electrons. The highest BCUT2D eigenvalue weighted by Crippen LogP contribution is 2.45. The number of hydrogen-bond acceptors (Lipinski definition) is 6. The number of carbonyl (C=O) groups excluding carboxylic acids is 1. The number of fused-ring (bicyclic) bond motifs is 1.